The van der Waals surface area contributed by atoms with E-state index >= 15 is 0 Å². The van der Waals surface area contributed by atoms with Crippen LogP contribution in [-0.2, 0) is 38.7 Å². The second kappa shape index (κ2) is 22.7. The molecule has 172 valence electrons. The molecule has 0 aliphatic heterocycles. The second-order valence-corrected chi connectivity index (χ2v) is 5.55. The normalized spacial score (nSPS) is 12.2. The van der Waals surface area contributed by atoms with Gasteiger partial charge in [-0.15, -0.1) is 0 Å². The molecule has 2 atom stereocenters. The van der Waals surface area contributed by atoms with E-state index in [0.717, 1.165) is 12.5 Å². The molecular formula is C16H24N2Na2O12. The minimum absolute atomic E-state index is 0. The molecule has 2 unspecified atom stereocenters. The number of aliphatic hydroxyl groups is 2. The maximum absolute atomic E-state index is 10.9. The fourth-order valence-electron chi connectivity index (χ4n) is 1.19. The van der Waals surface area contributed by atoms with E-state index < -0.39 is 36.0 Å². The molecule has 6 N–H and O–H groups in total. The molecule has 0 aromatic carbocycles. The predicted octanol–water partition coefficient (Wildman–Crippen LogP) is -8.52. The van der Waals surface area contributed by atoms with Gasteiger partial charge in [-0.2, -0.15) is 0 Å². The topological polar surface area (TPSA) is 244 Å². The largest absolute Gasteiger partial charge is 1.00 e. The Kier molecular flexibility index (Phi) is 26.8. The Morgan fingerprint density at radius 1 is 0.781 bits per heavy atom. The average Bonchev–Trinajstić information content (AvgIpc) is 2.63. The number of carbonyl (C=O) groups is 4. The van der Waals surface area contributed by atoms with Crippen LogP contribution < -0.4 is 80.8 Å². The van der Waals surface area contributed by atoms with Crippen molar-refractivity contribution in [2.75, 3.05) is 0 Å². The Morgan fingerprint density at radius 3 is 1.28 bits per heavy atom. The number of aliphatic carboxylic acids is 2. The van der Waals surface area contributed by atoms with Crippen LogP contribution in [0.5, 0.6) is 0 Å². The Hall–Kier alpha value is -1.52. The van der Waals surface area contributed by atoms with E-state index in [2.05, 4.69) is 19.6 Å². The molecule has 0 amide bonds. The number of rotatable bonds is 12. The standard InChI is InChI=1S/2C8H13NO6.2Na/c2*1-5(10)4-14-15-8(13)6(9)2-3-7(11)12;;/h2*4,6,10H,2-3,9H2,1H3,(H,11,12);;/q;;2*+1/p-2. The van der Waals surface area contributed by atoms with Gasteiger partial charge in [0.05, 0.1) is 0 Å². The minimum atomic E-state index is -1.30. The molecule has 14 nitrogen and oxygen atoms in total. The maximum Gasteiger partial charge on any atom is 1.00 e. The van der Waals surface area contributed by atoms with E-state index in [4.69, 9.17) is 21.7 Å². The van der Waals surface area contributed by atoms with Gasteiger partial charge in [0.1, 0.15) is 23.6 Å². The molecule has 0 saturated carbocycles. The zero-order valence-electron chi connectivity index (χ0n) is 18.3. The van der Waals surface area contributed by atoms with Crippen molar-refractivity contribution in [2.45, 2.75) is 51.6 Å². The van der Waals surface area contributed by atoms with Crippen LogP contribution in [0.15, 0.2) is 24.0 Å². The summed E-state index contributed by atoms with van der Waals surface area (Å²) in [6, 6.07) is -2.20. The van der Waals surface area contributed by atoms with Crippen LogP contribution in [-0.4, -0.2) is 46.2 Å². The van der Waals surface area contributed by atoms with Crippen molar-refractivity contribution in [3.8, 4) is 0 Å². The van der Waals surface area contributed by atoms with Crippen molar-refractivity contribution >= 4 is 23.9 Å². The molecule has 0 rings (SSSR count). The summed E-state index contributed by atoms with van der Waals surface area (Å²) in [4.78, 5) is 58.6. The Morgan fingerprint density at radius 2 is 1.06 bits per heavy atom. The monoisotopic (exact) mass is 482 g/mol. The molecule has 0 fully saturated rings. The van der Waals surface area contributed by atoms with Crippen LogP contribution in [0.2, 0.25) is 0 Å². The molecule has 0 bridgehead atoms. The first-order valence-corrected chi connectivity index (χ1v) is 8.23. The summed E-state index contributed by atoms with van der Waals surface area (Å²) in [7, 11) is 0. The Balaban J connectivity index is -0.000000231. The molecule has 0 heterocycles. The quantitative estimate of drug-likeness (QED) is 0.0873. The summed E-state index contributed by atoms with van der Waals surface area (Å²) in [5.41, 5.74) is 10.5. The average molecular weight is 482 g/mol. The van der Waals surface area contributed by atoms with Crippen LogP contribution in [0.25, 0.3) is 0 Å². The smallest absolute Gasteiger partial charge is 0.550 e. The van der Waals surface area contributed by atoms with Crippen LogP contribution in [0.3, 0.4) is 0 Å². The number of carbonyl (C=O) groups excluding carboxylic acids is 4. The van der Waals surface area contributed by atoms with Gasteiger partial charge >= 0.3 is 71.1 Å². The summed E-state index contributed by atoms with van der Waals surface area (Å²) in [5.74, 6) is -4.82. The van der Waals surface area contributed by atoms with Gasteiger partial charge in [0, 0.05) is 11.9 Å². The zero-order chi connectivity index (χ0) is 23.7. The van der Waals surface area contributed by atoms with Gasteiger partial charge in [0.25, 0.3) is 0 Å². The Bertz CT molecular complexity index is 581. The van der Waals surface area contributed by atoms with E-state index in [1.54, 1.807) is 0 Å². The van der Waals surface area contributed by atoms with Crippen molar-refractivity contribution in [1.29, 1.82) is 0 Å². The van der Waals surface area contributed by atoms with E-state index in [0.29, 0.717) is 0 Å². The van der Waals surface area contributed by atoms with Gasteiger partial charge < -0.3 is 41.5 Å². The molecule has 0 radical (unpaired) electrons. The zero-order valence-corrected chi connectivity index (χ0v) is 22.3. The van der Waals surface area contributed by atoms with Crippen molar-refractivity contribution in [1.82, 2.24) is 0 Å². The first kappa shape index (κ1) is 37.8. The number of hydrogen-bond acceptors (Lipinski definition) is 14. The molecule has 0 saturated heterocycles. The summed E-state index contributed by atoms with van der Waals surface area (Å²) in [6.45, 7) is 2.62. The first-order valence-electron chi connectivity index (χ1n) is 8.23. The summed E-state index contributed by atoms with van der Waals surface area (Å²) >= 11 is 0. The van der Waals surface area contributed by atoms with Crippen molar-refractivity contribution < 1.29 is 118 Å². The van der Waals surface area contributed by atoms with Gasteiger partial charge in [-0.05, 0) is 39.5 Å². The number of aliphatic hydroxyl groups excluding tert-OH is 2. The van der Waals surface area contributed by atoms with E-state index in [1.807, 2.05) is 0 Å². The fourth-order valence-corrected chi connectivity index (χ4v) is 1.19. The maximum atomic E-state index is 10.9. The first-order chi connectivity index (χ1) is 13.9. The van der Waals surface area contributed by atoms with Crippen molar-refractivity contribution in [3.05, 3.63) is 24.0 Å². The number of carboxylic acid groups (broad SMARTS) is 2. The van der Waals surface area contributed by atoms with Gasteiger partial charge in [-0.25, -0.2) is 19.4 Å². The predicted molar refractivity (Wildman–Crippen MR) is 91.6 cm³/mol. The third kappa shape index (κ3) is 26.5. The molecule has 0 aliphatic carbocycles. The molecule has 0 aromatic rings. The summed E-state index contributed by atoms with van der Waals surface area (Å²) in [5, 5.41) is 37.3. The molecule has 0 spiro atoms. The van der Waals surface area contributed by atoms with Gasteiger partial charge in [0.2, 0.25) is 0 Å². The Labute approximate surface area is 227 Å². The van der Waals surface area contributed by atoms with Crippen LogP contribution >= 0.6 is 0 Å². The van der Waals surface area contributed by atoms with Gasteiger partial charge in [-0.3, -0.25) is 9.78 Å². The number of carboxylic acids is 2. The van der Waals surface area contributed by atoms with Gasteiger partial charge in [-0.1, -0.05) is 0 Å². The molecule has 16 heteroatoms. The van der Waals surface area contributed by atoms with Crippen LogP contribution in [0, 0.1) is 0 Å². The van der Waals surface area contributed by atoms with Crippen LogP contribution in [0.4, 0.5) is 0 Å². The molecule has 0 aliphatic rings. The van der Waals surface area contributed by atoms with E-state index in [9.17, 15) is 29.4 Å². The second-order valence-electron chi connectivity index (χ2n) is 5.55. The van der Waals surface area contributed by atoms with Crippen molar-refractivity contribution in [3.63, 3.8) is 0 Å². The molecule has 32 heavy (non-hydrogen) atoms. The number of nitrogens with two attached hydrogens (primary N) is 2. The van der Waals surface area contributed by atoms with Crippen molar-refractivity contribution in [2.24, 2.45) is 11.5 Å². The van der Waals surface area contributed by atoms with E-state index in [-0.39, 0.29) is 96.3 Å². The third-order valence-electron chi connectivity index (χ3n) is 2.62. The number of allylic oxidation sites excluding steroid dienone is 2. The molecule has 0 aromatic heterocycles. The summed E-state index contributed by atoms with van der Waals surface area (Å²) in [6.07, 6.45) is 0.696. The molecular weight excluding hydrogens is 458 g/mol. The van der Waals surface area contributed by atoms with E-state index in [1.165, 1.54) is 13.8 Å². The summed E-state index contributed by atoms with van der Waals surface area (Å²) < 4.78 is 0. The minimum Gasteiger partial charge on any atom is -0.550 e. The van der Waals surface area contributed by atoms with Crippen LogP contribution in [0.1, 0.15) is 39.5 Å². The fraction of sp³-hybridized carbons (Fsp3) is 0.500. The van der Waals surface area contributed by atoms with Gasteiger partial charge in [0.15, 0.2) is 12.5 Å². The SMILES string of the molecule is CC(O)=COOC(=O)C(N)CCC(=O)[O-].CC(O)=COOC(=O)C(N)CCC(=O)[O-].[Na+].[Na+]. The number of hydrogen-bond donors (Lipinski definition) is 4. The third-order valence-corrected chi connectivity index (χ3v) is 2.62.